The maximum absolute atomic E-state index is 13.2. The molecule has 9 heteroatoms. The molecule has 0 radical (unpaired) electrons. The summed E-state index contributed by atoms with van der Waals surface area (Å²) in [6.07, 6.45) is 0.816. The molecule has 3 rings (SSSR count). The molecule has 0 saturated carbocycles. The number of aryl methyl sites for hydroxylation is 2. The minimum absolute atomic E-state index is 0.0733. The van der Waals surface area contributed by atoms with E-state index < -0.39 is 5.97 Å². The average molecular weight is 460 g/mol. The highest BCUT2D eigenvalue weighted by atomic mass is 32.1. The molecule has 0 spiro atoms. The molecule has 0 N–H and O–H groups in total. The number of hydrogen-bond acceptors (Lipinski definition) is 7. The van der Waals surface area contributed by atoms with Gasteiger partial charge >= 0.3 is 10.8 Å². The molecule has 1 amide bonds. The quantitative estimate of drug-likeness (QED) is 0.454. The van der Waals surface area contributed by atoms with Crippen LogP contribution >= 0.6 is 22.7 Å². The van der Waals surface area contributed by atoms with Gasteiger partial charge in [-0.3, -0.25) is 14.5 Å². The van der Waals surface area contributed by atoms with Crippen LogP contribution in [-0.2, 0) is 22.5 Å². The second kappa shape index (κ2) is 10.5. The van der Waals surface area contributed by atoms with Crippen molar-refractivity contribution in [1.29, 1.82) is 0 Å². The number of nitrogens with zero attached hydrogens (tertiary/aromatic N) is 3. The minimum Gasteiger partial charge on any atom is -0.461 e. The Labute approximate surface area is 188 Å². The molecular weight excluding hydrogens is 434 g/mol. The van der Waals surface area contributed by atoms with Gasteiger partial charge in [-0.15, -0.1) is 11.3 Å². The van der Waals surface area contributed by atoms with E-state index in [2.05, 4.69) is 4.98 Å². The summed E-state index contributed by atoms with van der Waals surface area (Å²) in [5.74, 6) is -0.629. The summed E-state index contributed by atoms with van der Waals surface area (Å²) in [5, 5.41) is 2.26. The number of rotatable bonds is 9. The molecule has 0 atom stereocenters. The number of carbonyl (C=O) groups excluding carboxylic acids is 2. The predicted octanol–water partition coefficient (Wildman–Crippen LogP) is 3.83. The molecule has 7 nitrogen and oxygen atoms in total. The van der Waals surface area contributed by atoms with E-state index in [9.17, 15) is 14.4 Å². The molecule has 2 heterocycles. The number of carbonyl (C=O) groups is 2. The van der Waals surface area contributed by atoms with Gasteiger partial charge in [0.2, 0.25) is 5.91 Å². The van der Waals surface area contributed by atoms with Gasteiger partial charge in [-0.2, -0.15) is 0 Å². The highest BCUT2D eigenvalue weighted by Gasteiger charge is 2.24. The molecular formula is C22H25N3O4S2. The number of aromatic nitrogens is 2. The molecule has 0 aliphatic carbocycles. The van der Waals surface area contributed by atoms with Gasteiger partial charge in [-0.25, -0.2) is 9.78 Å². The second-order valence-corrected chi connectivity index (χ2v) is 8.95. The fraction of sp³-hybridized carbons (Fsp3) is 0.364. The minimum atomic E-state index is -0.488. The van der Waals surface area contributed by atoms with Gasteiger partial charge in [0.25, 0.3) is 0 Å². The third kappa shape index (κ3) is 5.68. The van der Waals surface area contributed by atoms with E-state index in [-0.39, 0.29) is 29.5 Å². The van der Waals surface area contributed by atoms with E-state index in [4.69, 9.17) is 4.74 Å². The molecule has 164 valence electrons. The first kappa shape index (κ1) is 22.9. The van der Waals surface area contributed by atoms with Crippen LogP contribution in [-0.4, -0.2) is 34.6 Å². The Bertz CT molecular complexity index is 1100. The zero-order valence-electron chi connectivity index (χ0n) is 17.8. The molecule has 31 heavy (non-hydrogen) atoms. The SMILES string of the molecule is CCOC(=O)c1nc(N(CCc2ccccc2)C(=O)CCn2c(C)csc2=O)sc1C. The van der Waals surface area contributed by atoms with Crippen molar-refractivity contribution in [1.82, 2.24) is 9.55 Å². The number of amides is 1. The summed E-state index contributed by atoms with van der Waals surface area (Å²) in [4.78, 5) is 44.0. The van der Waals surface area contributed by atoms with Crippen molar-refractivity contribution in [2.75, 3.05) is 18.1 Å². The number of thiazole rings is 2. The van der Waals surface area contributed by atoms with Crippen LogP contribution in [0.1, 0.15) is 40.0 Å². The van der Waals surface area contributed by atoms with Gasteiger partial charge in [-0.05, 0) is 32.8 Å². The molecule has 2 aromatic heterocycles. The topological polar surface area (TPSA) is 81.5 Å². The van der Waals surface area contributed by atoms with Gasteiger partial charge in [0.05, 0.1) is 6.61 Å². The maximum Gasteiger partial charge on any atom is 0.358 e. The lowest BCUT2D eigenvalue weighted by molar-refractivity contribution is -0.118. The molecule has 0 fully saturated rings. The third-order valence-electron chi connectivity index (χ3n) is 4.78. The van der Waals surface area contributed by atoms with Crippen molar-refractivity contribution in [3.63, 3.8) is 0 Å². The number of ether oxygens (including phenoxy) is 1. The van der Waals surface area contributed by atoms with Crippen molar-refractivity contribution >= 4 is 39.7 Å². The number of esters is 1. The Balaban J connectivity index is 1.82. The lowest BCUT2D eigenvalue weighted by atomic mass is 10.1. The van der Waals surface area contributed by atoms with Crippen LogP contribution in [0.5, 0.6) is 0 Å². The lowest BCUT2D eigenvalue weighted by Crippen LogP contribution is -2.34. The van der Waals surface area contributed by atoms with E-state index >= 15 is 0 Å². The molecule has 1 aromatic carbocycles. The standard InChI is InChI=1S/C22H25N3O4S2/c1-4-29-20(27)19-16(3)31-21(23-19)25(12-10-17-8-6-5-7-9-17)18(26)11-13-24-15(2)14-30-22(24)28/h5-9,14H,4,10-13H2,1-3H3. The first-order chi connectivity index (χ1) is 14.9. The molecule has 0 saturated heterocycles. The first-order valence-electron chi connectivity index (χ1n) is 10.0. The third-order valence-corrected chi connectivity index (χ3v) is 6.65. The highest BCUT2D eigenvalue weighted by Crippen LogP contribution is 2.27. The summed E-state index contributed by atoms with van der Waals surface area (Å²) in [6.45, 7) is 6.38. The first-order valence-corrected chi connectivity index (χ1v) is 11.7. The molecule has 3 aromatic rings. The normalized spacial score (nSPS) is 10.8. The fourth-order valence-corrected chi connectivity index (χ4v) is 4.82. The molecule has 0 aliphatic heterocycles. The smallest absolute Gasteiger partial charge is 0.358 e. The monoisotopic (exact) mass is 459 g/mol. The van der Waals surface area contributed by atoms with Crippen LogP contribution in [0.2, 0.25) is 0 Å². The van der Waals surface area contributed by atoms with Gasteiger partial charge in [0, 0.05) is 35.5 Å². The Kier molecular flexibility index (Phi) is 7.75. The molecule has 0 unspecified atom stereocenters. The summed E-state index contributed by atoms with van der Waals surface area (Å²) in [6, 6.07) is 9.88. The Morgan fingerprint density at radius 2 is 1.94 bits per heavy atom. The zero-order chi connectivity index (χ0) is 22.4. The summed E-state index contributed by atoms with van der Waals surface area (Å²) < 4.78 is 6.69. The van der Waals surface area contributed by atoms with Crippen LogP contribution in [0.3, 0.4) is 0 Å². The van der Waals surface area contributed by atoms with Gasteiger partial charge in [-0.1, -0.05) is 41.7 Å². The zero-order valence-corrected chi connectivity index (χ0v) is 19.4. The summed E-state index contributed by atoms with van der Waals surface area (Å²) >= 11 is 2.43. The van der Waals surface area contributed by atoms with Crippen molar-refractivity contribution in [2.24, 2.45) is 0 Å². The fourth-order valence-electron chi connectivity index (χ4n) is 3.12. The van der Waals surface area contributed by atoms with E-state index in [1.807, 2.05) is 37.3 Å². The summed E-state index contributed by atoms with van der Waals surface area (Å²) in [5.41, 5.74) is 2.18. The lowest BCUT2D eigenvalue weighted by Gasteiger charge is -2.20. The average Bonchev–Trinajstić information content (AvgIpc) is 3.29. The van der Waals surface area contributed by atoms with Gasteiger partial charge in [0.15, 0.2) is 10.8 Å². The Hall–Kier alpha value is -2.78. The number of benzene rings is 1. The Morgan fingerprint density at radius 1 is 1.19 bits per heavy atom. The van der Waals surface area contributed by atoms with Crippen LogP contribution in [0.25, 0.3) is 0 Å². The maximum atomic E-state index is 13.2. The van der Waals surface area contributed by atoms with Crippen molar-refractivity contribution in [3.8, 4) is 0 Å². The van der Waals surface area contributed by atoms with E-state index in [1.165, 1.54) is 11.3 Å². The molecule has 0 bridgehead atoms. The summed E-state index contributed by atoms with van der Waals surface area (Å²) in [7, 11) is 0. The number of hydrogen-bond donors (Lipinski definition) is 0. The predicted molar refractivity (Wildman–Crippen MR) is 123 cm³/mol. The van der Waals surface area contributed by atoms with Crippen molar-refractivity contribution in [2.45, 2.75) is 40.2 Å². The second-order valence-electron chi connectivity index (χ2n) is 6.95. The van der Waals surface area contributed by atoms with Crippen LogP contribution in [0, 0.1) is 13.8 Å². The van der Waals surface area contributed by atoms with Crippen LogP contribution in [0.15, 0.2) is 40.5 Å². The number of anilines is 1. The van der Waals surface area contributed by atoms with Crippen molar-refractivity contribution in [3.05, 3.63) is 67.2 Å². The molecule has 0 aliphatic rings. The highest BCUT2D eigenvalue weighted by molar-refractivity contribution is 7.16. The van der Waals surface area contributed by atoms with Gasteiger partial charge in [0.1, 0.15) is 0 Å². The van der Waals surface area contributed by atoms with Crippen LogP contribution < -0.4 is 9.77 Å². The van der Waals surface area contributed by atoms with E-state index in [0.29, 0.717) is 29.5 Å². The van der Waals surface area contributed by atoms with Gasteiger partial charge < -0.3 is 9.30 Å². The van der Waals surface area contributed by atoms with E-state index in [0.717, 1.165) is 22.6 Å². The van der Waals surface area contributed by atoms with Crippen molar-refractivity contribution < 1.29 is 14.3 Å². The van der Waals surface area contributed by atoms with E-state index in [1.54, 1.807) is 28.7 Å². The van der Waals surface area contributed by atoms with Crippen LogP contribution in [0.4, 0.5) is 5.13 Å². The Morgan fingerprint density at radius 3 is 2.58 bits per heavy atom. The largest absolute Gasteiger partial charge is 0.461 e.